The maximum Gasteiger partial charge on any atom is 0.245 e. The van der Waals surface area contributed by atoms with Crippen LogP contribution < -0.4 is 5.32 Å². The van der Waals surface area contributed by atoms with Gasteiger partial charge in [-0.15, -0.1) is 0 Å². The summed E-state index contributed by atoms with van der Waals surface area (Å²) >= 11 is 0. The fourth-order valence-corrected chi connectivity index (χ4v) is 5.66. The van der Waals surface area contributed by atoms with Gasteiger partial charge in [0.1, 0.15) is 6.73 Å². The number of ether oxygens (including phenoxy) is 1. The summed E-state index contributed by atoms with van der Waals surface area (Å²) in [6, 6.07) is 14.7. The van der Waals surface area contributed by atoms with Gasteiger partial charge in [-0.25, -0.2) is 13.3 Å². The predicted molar refractivity (Wildman–Crippen MR) is 123 cm³/mol. The molecule has 0 saturated carbocycles. The lowest BCUT2D eigenvalue weighted by molar-refractivity contribution is 0.0629. The third kappa shape index (κ3) is 5.49. The van der Waals surface area contributed by atoms with E-state index in [2.05, 4.69) is 29.8 Å². The number of hydrogen-bond acceptors (Lipinski definition) is 4. The standard InChI is InChI=1S/C22H29N3O3SSi/c1-23-19-10-11-22-18(14-19)15-20(16-24-22)25(17-28-12-13-30(2,3)4)29(26,27)21-8-6-5-7-9-21/h5-11,14,20,24H,12-13,15-17H2,2-4H3. The van der Waals surface area contributed by atoms with Crippen molar-refractivity contribution in [3.63, 3.8) is 0 Å². The van der Waals surface area contributed by atoms with Crippen molar-refractivity contribution in [3.8, 4) is 0 Å². The Morgan fingerprint density at radius 3 is 2.60 bits per heavy atom. The van der Waals surface area contributed by atoms with E-state index in [0.717, 1.165) is 17.3 Å². The molecule has 0 amide bonds. The second-order valence-electron chi connectivity index (χ2n) is 8.75. The van der Waals surface area contributed by atoms with Crippen LogP contribution >= 0.6 is 0 Å². The molecule has 1 aliphatic rings. The molecule has 1 N–H and O–H groups in total. The molecule has 160 valence electrons. The molecule has 1 unspecified atom stereocenters. The quantitative estimate of drug-likeness (QED) is 0.281. The van der Waals surface area contributed by atoms with Crippen LogP contribution in [0, 0.1) is 6.57 Å². The summed E-state index contributed by atoms with van der Waals surface area (Å²) < 4.78 is 34.2. The molecule has 0 bridgehead atoms. The second kappa shape index (κ2) is 9.31. The maximum atomic E-state index is 13.4. The number of anilines is 1. The molecule has 3 rings (SSSR count). The van der Waals surface area contributed by atoms with Crippen LogP contribution in [0.3, 0.4) is 0 Å². The molecule has 0 aromatic heterocycles. The number of fused-ring (bicyclic) bond motifs is 1. The SMILES string of the molecule is [C-]#[N+]c1ccc2c(c1)CC(N(COCC[Si](C)(C)C)S(=O)(=O)c1ccccc1)CN2. The van der Waals surface area contributed by atoms with E-state index < -0.39 is 18.1 Å². The summed E-state index contributed by atoms with van der Waals surface area (Å²) in [5.41, 5.74) is 2.46. The largest absolute Gasteiger partial charge is 0.383 e. The van der Waals surface area contributed by atoms with E-state index in [1.807, 2.05) is 12.1 Å². The zero-order valence-corrected chi connectivity index (χ0v) is 19.6. The molecule has 0 radical (unpaired) electrons. The highest BCUT2D eigenvalue weighted by atomic mass is 32.2. The average Bonchev–Trinajstić information content (AvgIpc) is 2.72. The van der Waals surface area contributed by atoms with Crippen LogP contribution in [0.15, 0.2) is 53.4 Å². The van der Waals surface area contributed by atoms with Gasteiger partial charge in [0.25, 0.3) is 0 Å². The van der Waals surface area contributed by atoms with Crippen LogP contribution in [0.1, 0.15) is 5.56 Å². The molecule has 2 aromatic carbocycles. The Bertz CT molecular complexity index is 1010. The molecule has 8 heteroatoms. The Kier molecular flexibility index (Phi) is 6.98. The molecule has 0 spiro atoms. The van der Waals surface area contributed by atoms with Crippen molar-refractivity contribution in [1.82, 2.24) is 4.31 Å². The van der Waals surface area contributed by atoms with Crippen molar-refractivity contribution in [3.05, 3.63) is 65.5 Å². The third-order valence-electron chi connectivity index (χ3n) is 5.17. The van der Waals surface area contributed by atoms with Crippen LogP contribution in [-0.2, 0) is 21.2 Å². The molecular formula is C22H29N3O3SSi. The van der Waals surface area contributed by atoms with Gasteiger partial charge in [0.2, 0.25) is 10.0 Å². The number of hydrogen-bond donors (Lipinski definition) is 1. The fourth-order valence-electron chi connectivity index (χ4n) is 3.38. The monoisotopic (exact) mass is 443 g/mol. The van der Waals surface area contributed by atoms with E-state index >= 15 is 0 Å². The van der Waals surface area contributed by atoms with E-state index in [0.29, 0.717) is 25.3 Å². The van der Waals surface area contributed by atoms with Gasteiger partial charge in [-0.05, 0) is 36.2 Å². The molecule has 6 nitrogen and oxygen atoms in total. The number of nitrogens with one attached hydrogen (secondary N) is 1. The van der Waals surface area contributed by atoms with Crippen molar-refractivity contribution in [2.75, 3.05) is 25.2 Å². The van der Waals surface area contributed by atoms with Gasteiger partial charge in [-0.2, -0.15) is 4.31 Å². The van der Waals surface area contributed by atoms with Crippen molar-refractivity contribution < 1.29 is 13.2 Å². The topological polar surface area (TPSA) is 63.0 Å². The van der Waals surface area contributed by atoms with Crippen LogP contribution in [0.2, 0.25) is 25.7 Å². The van der Waals surface area contributed by atoms with E-state index in [9.17, 15) is 8.42 Å². The first-order valence-corrected chi connectivity index (χ1v) is 15.2. The normalized spacial score (nSPS) is 16.6. The summed E-state index contributed by atoms with van der Waals surface area (Å²) in [4.78, 5) is 3.76. The summed E-state index contributed by atoms with van der Waals surface area (Å²) in [6.45, 7) is 15.1. The van der Waals surface area contributed by atoms with Crippen molar-refractivity contribution in [2.24, 2.45) is 0 Å². The van der Waals surface area contributed by atoms with Crippen LogP contribution in [-0.4, -0.2) is 46.7 Å². The molecular weight excluding hydrogens is 414 g/mol. The minimum Gasteiger partial charge on any atom is -0.383 e. The first-order chi connectivity index (χ1) is 14.2. The third-order valence-corrected chi connectivity index (χ3v) is 8.77. The lowest BCUT2D eigenvalue weighted by Gasteiger charge is -2.35. The van der Waals surface area contributed by atoms with Crippen molar-refractivity contribution in [2.45, 2.75) is 43.0 Å². The van der Waals surface area contributed by atoms with Gasteiger partial charge in [-0.1, -0.05) is 50.0 Å². The van der Waals surface area contributed by atoms with E-state index in [-0.39, 0.29) is 17.7 Å². The van der Waals surface area contributed by atoms with Gasteiger partial charge in [0.05, 0.1) is 11.5 Å². The van der Waals surface area contributed by atoms with Gasteiger partial charge in [0.15, 0.2) is 5.69 Å². The molecule has 30 heavy (non-hydrogen) atoms. The molecule has 1 atom stereocenters. The lowest BCUT2D eigenvalue weighted by Crippen LogP contribution is -2.48. The van der Waals surface area contributed by atoms with Gasteiger partial charge >= 0.3 is 0 Å². The molecule has 0 aliphatic carbocycles. The highest BCUT2D eigenvalue weighted by Crippen LogP contribution is 2.30. The van der Waals surface area contributed by atoms with Crippen LogP contribution in [0.4, 0.5) is 11.4 Å². The Labute approximate surface area is 180 Å². The highest BCUT2D eigenvalue weighted by Gasteiger charge is 2.34. The molecule has 0 fully saturated rings. The van der Waals surface area contributed by atoms with Gasteiger partial charge < -0.3 is 10.1 Å². The molecule has 1 heterocycles. The Hall–Kier alpha value is -2.18. The summed E-state index contributed by atoms with van der Waals surface area (Å²) in [5, 5.41) is 3.33. The Morgan fingerprint density at radius 2 is 1.93 bits per heavy atom. The van der Waals surface area contributed by atoms with Crippen LogP contribution in [0.5, 0.6) is 0 Å². The van der Waals surface area contributed by atoms with E-state index in [1.165, 1.54) is 4.31 Å². The lowest BCUT2D eigenvalue weighted by atomic mass is 9.99. The van der Waals surface area contributed by atoms with E-state index in [4.69, 9.17) is 11.3 Å². The first-order valence-electron chi connectivity index (χ1n) is 10.1. The second-order valence-corrected chi connectivity index (χ2v) is 16.3. The zero-order valence-electron chi connectivity index (χ0n) is 17.8. The summed E-state index contributed by atoms with van der Waals surface area (Å²) in [6.07, 6.45) is 0.537. The van der Waals surface area contributed by atoms with Crippen molar-refractivity contribution >= 4 is 29.5 Å². The van der Waals surface area contributed by atoms with E-state index in [1.54, 1.807) is 36.4 Å². The highest BCUT2D eigenvalue weighted by molar-refractivity contribution is 7.89. The number of nitrogens with zero attached hydrogens (tertiary/aromatic N) is 2. The number of rotatable bonds is 8. The van der Waals surface area contributed by atoms with Gasteiger partial charge in [-0.3, -0.25) is 0 Å². The fraction of sp³-hybridized carbons (Fsp3) is 0.409. The van der Waals surface area contributed by atoms with Crippen LogP contribution in [0.25, 0.3) is 4.85 Å². The number of sulfonamides is 1. The average molecular weight is 444 g/mol. The predicted octanol–water partition coefficient (Wildman–Crippen LogP) is 4.58. The summed E-state index contributed by atoms with van der Waals surface area (Å²) in [5.74, 6) is 0. The molecule has 2 aromatic rings. The summed E-state index contributed by atoms with van der Waals surface area (Å²) in [7, 11) is -4.99. The zero-order chi connectivity index (χ0) is 21.8. The minimum absolute atomic E-state index is 0.0197. The maximum absolute atomic E-state index is 13.4. The Morgan fingerprint density at radius 1 is 1.20 bits per heavy atom. The molecule has 1 aliphatic heterocycles. The van der Waals surface area contributed by atoms with Gasteiger partial charge in [0, 0.05) is 33.0 Å². The van der Waals surface area contributed by atoms with Crippen molar-refractivity contribution in [1.29, 1.82) is 0 Å². The smallest absolute Gasteiger partial charge is 0.245 e. The Balaban J connectivity index is 1.85. The molecule has 0 saturated heterocycles. The number of benzene rings is 2. The minimum atomic E-state index is -3.72. The first kappa shape index (κ1) is 22.5.